The van der Waals surface area contributed by atoms with E-state index in [-0.39, 0.29) is 10.8 Å². The van der Waals surface area contributed by atoms with Crippen LogP contribution in [0.25, 0.3) is 11.5 Å². The molecular weight excluding hydrogens is 597 g/mol. The number of sulfonamides is 1. The molecule has 2 aromatic heterocycles. The van der Waals surface area contributed by atoms with E-state index < -0.39 is 10.0 Å². The molecule has 1 aliphatic heterocycles. The fourth-order valence-electron chi connectivity index (χ4n) is 5.22. The Hall–Kier alpha value is -4.33. The van der Waals surface area contributed by atoms with Crippen LogP contribution in [0.5, 0.6) is 0 Å². The molecule has 13 heteroatoms. The van der Waals surface area contributed by atoms with Gasteiger partial charge in [-0.1, -0.05) is 30.3 Å². The summed E-state index contributed by atoms with van der Waals surface area (Å²) in [6.07, 6.45) is 0.738. The van der Waals surface area contributed by atoms with Gasteiger partial charge in [-0.25, -0.2) is 13.4 Å². The molecule has 0 bridgehead atoms. The van der Waals surface area contributed by atoms with Gasteiger partial charge in [0.1, 0.15) is 0 Å². The summed E-state index contributed by atoms with van der Waals surface area (Å²) in [5.41, 5.74) is 10.7. The van der Waals surface area contributed by atoms with Crippen LogP contribution in [0.2, 0.25) is 0 Å². The van der Waals surface area contributed by atoms with Gasteiger partial charge in [-0.2, -0.15) is 8.68 Å². The highest BCUT2D eigenvalue weighted by molar-refractivity contribution is 7.89. The first-order valence-electron chi connectivity index (χ1n) is 14.3. The maximum atomic E-state index is 13.5. The normalized spacial score (nSPS) is 14.9. The Morgan fingerprint density at radius 2 is 1.70 bits per heavy atom. The lowest BCUT2D eigenvalue weighted by atomic mass is 9.91. The quantitative estimate of drug-likeness (QED) is 0.233. The Bertz CT molecular complexity index is 1830. The van der Waals surface area contributed by atoms with Gasteiger partial charge in [-0.15, -0.1) is 10.2 Å². The summed E-state index contributed by atoms with van der Waals surface area (Å²) in [5, 5.41) is 8.65. The number of benzene rings is 3. The lowest BCUT2D eigenvalue weighted by Gasteiger charge is -2.33. The molecule has 0 radical (unpaired) electrons. The van der Waals surface area contributed by atoms with E-state index in [0.717, 1.165) is 28.6 Å². The van der Waals surface area contributed by atoms with Crippen LogP contribution >= 0.6 is 11.5 Å². The van der Waals surface area contributed by atoms with E-state index in [9.17, 15) is 8.42 Å². The van der Waals surface area contributed by atoms with Gasteiger partial charge in [0.25, 0.3) is 0 Å². The maximum absolute atomic E-state index is 13.5. The first-order valence-corrected chi connectivity index (χ1v) is 16.5. The largest absolute Gasteiger partial charge is 0.421 e. The van der Waals surface area contributed by atoms with Crippen molar-refractivity contribution in [1.82, 2.24) is 23.9 Å². The van der Waals surface area contributed by atoms with Gasteiger partial charge in [0.15, 0.2) is 5.82 Å². The first kappa shape index (κ1) is 29.7. The molecule has 1 fully saturated rings. The molecule has 3 heterocycles. The van der Waals surface area contributed by atoms with Crippen molar-refractivity contribution in [2.45, 2.75) is 24.2 Å². The Labute approximate surface area is 261 Å². The highest BCUT2D eigenvalue weighted by Gasteiger charge is 2.31. The van der Waals surface area contributed by atoms with Crippen molar-refractivity contribution in [2.75, 3.05) is 55.8 Å². The molecule has 3 aromatic carbocycles. The summed E-state index contributed by atoms with van der Waals surface area (Å²) in [4.78, 5) is 9.35. The minimum Gasteiger partial charge on any atom is -0.421 e. The van der Waals surface area contributed by atoms with Gasteiger partial charge in [0.2, 0.25) is 26.9 Å². The molecule has 2 N–H and O–H groups in total. The van der Waals surface area contributed by atoms with E-state index in [1.54, 1.807) is 31.2 Å². The van der Waals surface area contributed by atoms with Gasteiger partial charge in [-0.3, -0.25) is 0 Å². The smallest absolute Gasteiger partial charge is 0.247 e. The molecule has 1 atom stereocenters. The topological polar surface area (TPSA) is 135 Å². The second kappa shape index (κ2) is 12.3. The van der Waals surface area contributed by atoms with Gasteiger partial charge in [0.05, 0.1) is 4.90 Å². The number of nitrogens with two attached hydrogens (primary N) is 1. The Balaban J connectivity index is 1.17. The van der Waals surface area contributed by atoms with Crippen molar-refractivity contribution in [3.8, 4) is 11.5 Å². The third-order valence-corrected chi connectivity index (χ3v) is 10.4. The van der Waals surface area contributed by atoms with E-state index in [4.69, 9.17) is 19.5 Å². The molecule has 0 amide bonds. The number of nitrogen functional groups attached to an aromatic ring is 1. The molecule has 0 aliphatic carbocycles. The van der Waals surface area contributed by atoms with Crippen LogP contribution in [-0.4, -0.2) is 72.6 Å². The molecule has 228 valence electrons. The zero-order chi connectivity index (χ0) is 30.8. The van der Waals surface area contributed by atoms with Crippen molar-refractivity contribution < 1.29 is 12.8 Å². The lowest BCUT2D eigenvalue weighted by Crippen LogP contribution is -2.48. The molecule has 0 saturated carbocycles. The van der Waals surface area contributed by atoms with Gasteiger partial charge < -0.3 is 20.0 Å². The van der Waals surface area contributed by atoms with E-state index in [1.165, 1.54) is 21.4 Å². The SMILES string of the molecule is Cc1nnc(-c2cccc(S(=O)(=O)N3CCN(c4nc(C(Cc5ccc(N(C)C)cc5)c5ccc(N)cc5)ns4)CC3)c2)o1. The number of aryl methyl sites for hydroxylation is 1. The third kappa shape index (κ3) is 6.30. The second-order valence-electron chi connectivity index (χ2n) is 11.0. The van der Waals surface area contributed by atoms with Crippen molar-refractivity contribution in [3.63, 3.8) is 0 Å². The van der Waals surface area contributed by atoms with Crippen LogP contribution in [0.3, 0.4) is 0 Å². The number of hydrogen-bond acceptors (Lipinski definition) is 11. The fourth-order valence-corrected chi connectivity index (χ4v) is 7.46. The Kier molecular flexibility index (Phi) is 8.34. The summed E-state index contributed by atoms with van der Waals surface area (Å²) in [5.74, 6) is 1.40. The number of hydrogen-bond donors (Lipinski definition) is 1. The van der Waals surface area contributed by atoms with Gasteiger partial charge in [0, 0.05) is 81.6 Å². The van der Waals surface area contributed by atoms with E-state index in [2.05, 4.69) is 44.3 Å². The zero-order valence-corrected chi connectivity index (χ0v) is 26.4. The van der Waals surface area contributed by atoms with E-state index >= 15 is 0 Å². The number of piperazine rings is 1. The Morgan fingerprint density at radius 1 is 0.977 bits per heavy atom. The van der Waals surface area contributed by atoms with Gasteiger partial charge in [-0.05, 0) is 60.0 Å². The zero-order valence-electron chi connectivity index (χ0n) is 24.8. The van der Waals surface area contributed by atoms with Crippen LogP contribution in [0.15, 0.2) is 82.1 Å². The number of aromatic nitrogens is 4. The monoisotopic (exact) mass is 630 g/mol. The molecule has 5 aromatic rings. The number of nitrogens with zero attached hydrogens (tertiary/aromatic N) is 7. The third-order valence-electron chi connectivity index (χ3n) is 7.73. The van der Waals surface area contributed by atoms with Crippen molar-refractivity contribution in [1.29, 1.82) is 0 Å². The number of rotatable bonds is 9. The van der Waals surface area contributed by atoms with Crippen LogP contribution in [0.1, 0.15) is 28.8 Å². The van der Waals surface area contributed by atoms with Crippen LogP contribution in [0.4, 0.5) is 16.5 Å². The van der Waals surface area contributed by atoms with Gasteiger partial charge >= 0.3 is 0 Å². The average molecular weight is 631 g/mol. The molecule has 1 unspecified atom stereocenters. The minimum absolute atomic E-state index is 0.0533. The minimum atomic E-state index is -3.71. The molecular formula is C31H34N8O3S2. The maximum Gasteiger partial charge on any atom is 0.247 e. The Morgan fingerprint density at radius 3 is 2.36 bits per heavy atom. The molecule has 1 saturated heterocycles. The molecule has 11 nitrogen and oxygen atoms in total. The molecule has 44 heavy (non-hydrogen) atoms. The van der Waals surface area contributed by atoms with Crippen molar-refractivity contribution >= 4 is 38.1 Å². The predicted octanol–water partition coefficient (Wildman–Crippen LogP) is 4.43. The molecule has 0 spiro atoms. The van der Waals surface area contributed by atoms with E-state index in [0.29, 0.717) is 49.2 Å². The standard InChI is InChI=1S/C31H34N8O3S2/c1-21-34-35-30(42-21)24-5-4-6-27(20-24)44(40,41)39-17-15-38(16-18-39)31-33-29(36-43-31)28(23-9-11-25(32)12-10-23)19-22-7-13-26(14-8-22)37(2)3/h4-14,20,28H,15-19,32H2,1-3H3. The molecule has 6 rings (SSSR count). The van der Waals surface area contributed by atoms with E-state index in [1.807, 2.05) is 38.4 Å². The highest BCUT2D eigenvalue weighted by atomic mass is 32.2. The summed E-state index contributed by atoms with van der Waals surface area (Å²) in [6, 6.07) is 23.0. The lowest BCUT2D eigenvalue weighted by molar-refractivity contribution is 0.384. The summed E-state index contributed by atoms with van der Waals surface area (Å²) < 4.78 is 38.8. The molecule has 1 aliphatic rings. The predicted molar refractivity (Wildman–Crippen MR) is 173 cm³/mol. The van der Waals surface area contributed by atoms with Crippen molar-refractivity contribution in [3.05, 3.63) is 95.6 Å². The van der Waals surface area contributed by atoms with Crippen LogP contribution in [0, 0.1) is 6.92 Å². The first-order chi connectivity index (χ1) is 21.2. The van der Waals surface area contributed by atoms with Crippen LogP contribution < -0.4 is 15.5 Å². The fraction of sp³-hybridized carbons (Fsp3) is 0.290. The van der Waals surface area contributed by atoms with Crippen molar-refractivity contribution in [2.24, 2.45) is 0 Å². The highest BCUT2D eigenvalue weighted by Crippen LogP contribution is 2.32. The summed E-state index contributed by atoms with van der Waals surface area (Å²) >= 11 is 1.35. The average Bonchev–Trinajstić information content (AvgIpc) is 3.70. The second-order valence-corrected chi connectivity index (χ2v) is 13.6. The van der Waals surface area contributed by atoms with Crippen LogP contribution in [-0.2, 0) is 16.4 Å². The summed E-state index contributed by atoms with van der Waals surface area (Å²) in [7, 11) is 0.341. The number of anilines is 3. The summed E-state index contributed by atoms with van der Waals surface area (Å²) in [6.45, 7) is 3.38.